The zero-order valence-corrected chi connectivity index (χ0v) is 13.7. The van der Waals surface area contributed by atoms with Crippen molar-refractivity contribution in [2.45, 2.75) is 23.8 Å². The fraction of sp³-hybridized carbons (Fsp3) is 0.467. The molecule has 120 valence electrons. The molecule has 1 atom stereocenters. The number of carbonyl (C=O) groups excluding carboxylic acids is 1. The summed E-state index contributed by atoms with van der Waals surface area (Å²) in [4.78, 5) is 28.5. The van der Waals surface area contributed by atoms with Crippen molar-refractivity contribution < 1.29 is 14.7 Å². The molecule has 1 amide bonds. The third-order valence-corrected chi connectivity index (χ3v) is 5.06. The van der Waals surface area contributed by atoms with Crippen molar-refractivity contribution in [3.05, 3.63) is 24.3 Å². The number of halogens is 1. The first-order valence-corrected chi connectivity index (χ1v) is 8.14. The molecule has 0 radical (unpaired) electrons. The second kappa shape index (κ2) is 7.35. The minimum absolute atomic E-state index is 0. The minimum Gasteiger partial charge on any atom is -0.480 e. The SMILES string of the molecule is Cl.O=C(O)[C@H]1CCCN1CC(=O)N1CCSc2ccccc21. The molecule has 1 aromatic carbocycles. The second-order valence-electron chi connectivity index (χ2n) is 5.33. The normalized spacial score (nSPS) is 21.1. The van der Waals surface area contributed by atoms with Crippen LogP contribution in [0.1, 0.15) is 12.8 Å². The van der Waals surface area contributed by atoms with E-state index in [-0.39, 0.29) is 24.9 Å². The van der Waals surface area contributed by atoms with E-state index in [2.05, 4.69) is 0 Å². The summed E-state index contributed by atoms with van der Waals surface area (Å²) in [5.41, 5.74) is 0.949. The molecule has 0 saturated carbocycles. The third kappa shape index (κ3) is 3.39. The average molecular weight is 343 g/mol. The standard InChI is InChI=1S/C15H18N2O3S.ClH/c18-14(10-16-7-3-5-12(16)15(19)20)17-8-9-21-13-6-2-1-4-11(13)17;/h1-2,4,6,12H,3,5,7-10H2,(H,19,20);1H/t12-;/m1./s1. The maximum atomic E-state index is 12.6. The summed E-state index contributed by atoms with van der Waals surface area (Å²) in [5.74, 6) is 0.0521. The summed E-state index contributed by atoms with van der Waals surface area (Å²) in [7, 11) is 0. The molecule has 22 heavy (non-hydrogen) atoms. The maximum Gasteiger partial charge on any atom is 0.320 e. The molecule has 0 aromatic heterocycles. The quantitative estimate of drug-likeness (QED) is 0.911. The lowest BCUT2D eigenvalue weighted by molar-refractivity contribution is -0.142. The van der Waals surface area contributed by atoms with Gasteiger partial charge in [-0.05, 0) is 31.5 Å². The van der Waals surface area contributed by atoms with Crippen LogP contribution in [0.4, 0.5) is 5.69 Å². The maximum absolute atomic E-state index is 12.6. The second-order valence-corrected chi connectivity index (χ2v) is 6.47. The van der Waals surface area contributed by atoms with Crippen molar-refractivity contribution in [1.29, 1.82) is 0 Å². The molecular weight excluding hydrogens is 324 g/mol. The molecule has 1 N–H and O–H groups in total. The highest BCUT2D eigenvalue weighted by molar-refractivity contribution is 7.99. The van der Waals surface area contributed by atoms with Crippen LogP contribution >= 0.6 is 24.2 Å². The zero-order valence-electron chi connectivity index (χ0n) is 12.1. The van der Waals surface area contributed by atoms with Crippen LogP contribution in [0.3, 0.4) is 0 Å². The number of hydrogen-bond acceptors (Lipinski definition) is 4. The molecule has 0 bridgehead atoms. The number of fused-ring (bicyclic) bond motifs is 1. The molecule has 1 fully saturated rings. The van der Waals surface area contributed by atoms with Gasteiger partial charge in [-0.2, -0.15) is 0 Å². The Labute approximate surface area is 140 Å². The number of aliphatic carboxylic acids is 1. The molecular formula is C15H19ClN2O3S. The van der Waals surface area contributed by atoms with Crippen LogP contribution in [-0.4, -0.2) is 53.3 Å². The Morgan fingerprint density at radius 2 is 2.05 bits per heavy atom. The molecule has 1 saturated heterocycles. The lowest BCUT2D eigenvalue weighted by Crippen LogP contribution is -2.46. The zero-order chi connectivity index (χ0) is 14.8. The van der Waals surface area contributed by atoms with Crippen LogP contribution in [0.5, 0.6) is 0 Å². The van der Waals surface area contributed by atoms with Crippen molar-refractivity contribution in [2.75, 3.05) is 30.3 Å². The number of hydrogen-bond donors (Lipinski definition) is 1. The molecule has 2 aliphatic rings. The summed E-state index contributed by atoms with van der Waals surface area (Å²) in [5, 5.41) is 9.19. The third-order valence-electron chi connectivity index (χ3n) is 4.02. The summed E-state index contributed by atoms with van der Waals surface area (Å²) < 4.78 is 0. The number of para-hydroxylation sites is 1. The number of rotatable bonds is 3. The predicted molar refractivity (Wildman–Crippen MR) is 89.0 cm³/mol. The van der Waals surface area contributed by atoms with Crippen LogP contribution in [0, 0.1) is 0 Å². The number of benzene rings is 1. The number of carbonyl (C=O) groups is 2. The Kier molecular flexibility index (Phi) is 5.72. The van der Waals surface area contributed by atoms with Gasteiger partial charge in [0.15, 0.2) is 0 Å². The van der Waals surface area contributed by atoms with Gasteiger partial charge in [0.1, 0.15) is 6.04 Å². The van der Waals surface area contributed by atoms with E-state index in [9.17, 15) is 14.7 Å². The van der Waals surface area contributed by atoms with Crippen LogP contribution in [-0.2, 0) is 9.59 Å². The van der Waals surface area contributed by atoms with Gasteiger partial charge in [-0.25, -0.2) is 0 Å². The minimum atomic E-state index is -0.824. The van der Waals surface area contributed by atoms with E-state index in [0.717, 1.165) is 22.8 Å². The molecule has 7 heteroatoms. The molecule has 5 nitrogen and oxygen atoms in total. The molecule has 2 heterocycles. The number of carboxylic acid groups (broad SMARTS) is 1. The van der Waals surface area contributed by atoms with Gasteiger partial charge in [-0.3, -0.25) is 14.5 Å². The summed E-state index contributed by atoms with van der Waals surface area (Å²) in [6.07, 6.45) is 1.48. The Morgan fingerprint density at radius 3 is 2.82 bits per heavy atom. The van der Waals surface area contributed by atoms with Gasteiger partial charge >= 0.3 is 5.97 Å². The van der Waals surface area contributed by atoms with Crippen LogP contribution < -0.4 is 4.90 Å². The van der Waals surface area contributed by atoms with E-state index in [1.807, 2.05) is 24.3 Å². The van der Waals surface area contributed by atoms with Crippen molar-refractivity contribution in [1.82, 2.24) is 4.90 Å². The van der Waals surface area contributed by atoms with Gasteiger partial charge < -0.3 is 10.0 Å². The van der Waals surface area contributed by atoms with Gasteiger partial charge in [0.2, 0.25) is 5.91 Å². The van der Waals surface area contributed by atoms with E-state index >= 15 is 0 Å². The summed E-state index contributed by atoms with van der Waals surface area (Å²) >= 11 is 1.76. The van der Waals surface area contributed by atoms with Gasteiger partial charge in [-0.15, -0.1) is 24.2 Å². The molecule has 0 unspecified atom stereocenters. The van der Waals surface area contributed by atoms with E-state index in [1.165, 1.54) is 0 Å². The average Bonchev–Trinajstić information content (AvgIpc) is 2.95. The van der Waals surface area contributed by atoms with E-state index in [4.69, 9.17) is 0 Å². The fourth-order valence-corrected chi connectivity index (χ4v) is 3.98. The first kappa shape index (κ1) is 17.1. The predicted octanol–water partition coefficient (Wildman–Crippen LogP) is 2.10. The lowest BCUT2D eigenvalue weighted by Gasteiger charge is -2.31. The van der Waals surface area contributed by atoms with Gasteiger partial charge in [-0.1, -0.05) is 12.1 Å². The van der Waals surface area contributed by atoms with Crippen molar-refractivity contribution in [3.63, 3.8) is 0 Å². The lowest BCUT2D eigenvalue weighted by atomic mass is 10.2. The highest BCUT2D eigenvalue weighted by Gasteiger charge is 2.33. The van der Waals surface area contributed by atoms with Crippen molar-refractivity contribution in [2.24, 2.45) is 0 Å². The Morgan fingerprint density at radius 1 is 1.27 bits per heavy atom. The molecule has 0 aliphatic carbocycles. The number of nitrogens with zero attached hydrogens (tertiary/aromatic N) is 2. The van der Waals surface area contributed by atoms with Gasteiger partial charge in [0, 0.05) is 17.2 Å². The smallest absolute Gasteiger partial charge is 0.320 e. The summed E-state index contributed by atoms with van der Waals surface area (Å²) in [6, 6.07) is 7.37. The van der Waals surface area contributed by atoms with Crippen LogP contribution in [0.25, 0.3) is 0 Å². The topological polar surface area (TPSA) is 60.9 Å². The number of likely N-dealkylation sites (tertiary alicyclic amines) is 1. The van der Waals surface area contributed by atoms with E-state index < -0.39 is 12.0 Å². The Balaban J connectivity index is 0.00000176. The highest BCUT2D eigenvalue weighted by atomic mass is 35.5. The highest BCUT2D eigenvalue weighted by Crippen LogP contribution is 2.34. The monoisotopic (exact) mass is 342 g/mol. The van der Waals surface area contributed by atoms with E-state index in [1.54, 1.807) is 21.6 Å². The van der Waals surface area contributed by atoms with Crippen molar-refractivity contribution in [3.8, 4) is 0 Å². The Hall–Kier alpha value is -1.24. The van der Waals surface area contributed by atoms with Gasteiger partial charge in [0.05, 0.1) is 12.2 Å². The largest absolute Gasteiger partial charge is 0.480 e. The number of thioether (sulfide) groups is 1. The van der Waals surface area contributed by atoms with Crippen LogP contribution in [0.15, 0.2) is 29.2 Å². The molecule has 0 spiro atoms. The van der Waals surface area contributed by atoms with Gasteiger partial charge in [0.25, 0.3) is 0 Å². The molecule has 1 aromatic rings. The number of carboxylic acids is 1. The van der Waals surface area contributed by atoms with E-state index in [0.29, 0.717) is 19.5 Å². The fourth-order valence-electron chi connectivity index (χ4n) is 2.98. The molecule has 2 aliphatic heterocycles. The number of anilines is 1. The first-order valence-electron chi connectivity index (χ1n) is 7.16. The Bertz CT molecular complexity index is 569. The van der Waals surface area contributed by atoms with Crippen LogP contribution in [0.2, 0.25) is 0 Å². The first-order chi connectivity index (χ1) is 10.2. The summed E-state index contributed by atoms with van der Waals surface area (Å²) in [6.45, 7) is 1.56. The number of amides is 1. The molecule has 3 rings (SSSR count). The van der Waals surface area contributed by atoms with Crippen molar-refractivity contribution >= 4 is 41.7 Å².